The van der Waals surface area contributed by atoms with E-state index >= 15 is 0 Å². The molecule has 2 bridgehead atoms. The van der Waals surface area contributed by atoms with Crippen LogP contribution < -0.4 is 15.9 Å². The summed E-state index contributed by atoms with van der Waals surface area (Å²) >= 11 is 1.82. The molecule has 1 aromatic carbocycles. The van der Waals surface area contributed by atoms with Gasteiger partial charge in [0.1, 0.15) is 17.9 Å². The Bertz CT molecular complexity index is 1060. The van der Waals surface area contributed by atoms with Gasteiger partial charge in [0.05, 0.1) is 16.4 Å². The Morgan fingerprint density at radius 3 is 3.28 bits per heavy atom. The molecule has 0 radical (unpaired) electrons. The van der Waals surface area contributed by atoms with Gasteiger partial charge in [-0.05, 0) is 18.4 Å². The number of thioether (sulfide) groups is 1. The number of phenols is 1. The SMILES string of the molecule is O=C1CC2S[C@H]3C[C@@]2(c2c(c(O)c4c5c2=NCCC=5C=N4)N3)C2OC12. The lowest BCUT2D eigenvalue weighted by Gasteiger charge is -2.40. The lowest BCUT2D eigenvalue weighted by atomic mass is 9.64. The third-order valence-electron chi connectivity index (χ3n) is 6.64. The Labute approximate surface area is 147 Å². The molecule has 3 unspecified atom stereocenters. The van der Waals surface area contributed by atoms with Gasteiger partial charge in [0.15, 0.2) is 11.5 Å². The second kappa shape index (κ2) is 3.94. The first-order valence-electron chi connectivity index (χ1n) is 8.80. The van der Waals surface area contributed by atoms with Crippen LogP contribution in [0.25, 0.3) is 5.57 Å². The topological polar surface area (TPSA) is 86.6 Å². The molecule has 7 rings (SSSR count). The number of aromatic hydroxyl groups is 1. The summed E-state index contributed by atoms with van der Waals surface area (Å²) in [6.07, 6.45) is 3.90. The van der Waals surface area contributed by atoms with Gasteiger partial charge in [-0.2, -0.15) is 0 Å². The van der Waals surface area contributed by atoms with Crippen molar-refractivity contribution in [2.45, 2.75) is 47.5 Å². The molecule has 6 nitrogen and oxygen atoms in total. The lowest BCUT2D eigenvalue weighted by molar-refractivity contribution is -0.120. The van der Waals surface area contributed by atoms with Gasteiger partial charge in [0, 0.05) is 40.6 Å². The number of carbonyl (C=O) groups is 1. The molecule has 2 saturated heterocycles. The van der Waals surface area contributed by atoms with E-state index in [1.165, 1.54) is 5.57 Å². The summed E-state index contributed by atoms with van der Waals surface area (Å²) in [6.45, 7) is 0.746. The highest BCUT2D eigenvalue weighted by molar-refractivity contribution is 8.01. The van der Waals surface area contributed by atoms with Crippen LogP contribution in [0.2, 0.25) is 0 Å². The van der Waals surface area contributed by atoms with Crippen molar-refractivity contribution in [3.63, 3.8) is 0 Å². The molecule has 1 saturated carbocycles. The first kappa shape index (κ1) is 13.4. The van der Waals surface area contributed by atoms with E-state index in [1.54, 1.807) is 0 Å². The largest absolute Gasteiger partial charge is 0.504 e. The minimum atomic E-state index is -0.257. The van der Waals surface area contributed by atoms with Crippen LogP contribution in [0.3, 0.4) is 0 Å². The number of aliphatic imine (C=N–C) groups is 1. The Kier molecular flexibility index (Phi) is 2.10. The number of anilines is 1. The number of hydrogen-bond donors (Lipinski definition) is 2. The number of benzene rings is 1. The van der Waals surface area contributed by atoms with Crippen LogP contribution in [-0.4, -0.2) is 46.5 Å². The number of carbonyl (C=O) groups excluding carboxylic acids is 1. The Morgan fingerprint density at radius 2 is 2.36 bits per heavy atom. The summed E-state index contributed by atoms with van der Waals surface area (Å²) in [4.78, 5) is 21.6. The van der Waals surface area contributed by atoms with Crippen molar-refractivity contribution in [3.05, 3.63) is 16.1 Å². The maximum atomic E-state index is 12.3. The molecule has 0 amide bonds. The fraction of sp³-hybridized carbons (Fsp3) is 0.500. The summed E-state index contributed by atoms with van der Waals surface area (Å²) in [5, 5.41) is 16.8. The molecule has 5 atom stereocenters. The Morgan fingerprint density at radius 1 is 1.44 bits per heavy atom. The van der Waals surface area contributed by atoms with Gasteiger partial charge in [-0.15, -0.1) is 11.8 Å². The van der Waals surface area contributed by atoms with Gasteiger partial charge in [-0.25, -0.2) is 0 Å². The summed E-state index contributed by atoms with van der Waals surface area (Å²) in [6, 6.07) is 0. The molecule has 2 N–H and O–H groups in total. The van der Waals surface area contributed by atoms with E-state index in [2.05, 4.69) is 10.3 Å². The van der Waals surface area contributed by atoms with E-state index < -0.39 is 0 Å². The minimum Gasteiger partial charge on any atom is -0.504 e. The average molecular weight is 353 g/mol. The number of ketones is 1. The summed E-state index contributed by atoms with van der Waals surface area (Å²) in [7, 11) is 0. The molecule has 126 valence electrons. The van der Waals surface area contributed by atoms with Gasteiger partial charge < -0.3 is 15.2 Å². The number of nitrogens with one attached hydrogen (secondary N) is 1. The van der Waals surface area contributed by atoms with Crippen molar-refractivity contribution in [1.29, 1.82) is 0 Å². The van der Waals surface area contributed by atoms with Gasteiger partial charge in [-0.1, -0.05) is 0 Å². The highest BCUT2D eigenvalue weighted by atomic mass is 32.2. The summed E-state index contributed by atoms with van der Waals surface area (Å²) < 4.78 is 5.89. The standard InChI is InChI=1S/C18H15N3O3S/c22-7-3-8-18(17-16(7)24-17)4-9(25-8)21-14-11(18)12-10-6(1-2-19-12)5-20-13(10)15(14)23/h5,8-9,16-17,21,23H,1-4H2/t8?,9-,16?,17?,18+/m0/s1. The van der Waals surface area contributed by atoms with Crippen molar-refractivity contribution in [2.75, 3.05) is 11.9 Å². The number of fused-ring (bicyclic) bond motifs is 4. The van der Waals surface area contributed by atoms with Crippen LogP contribution in [0.15, 0.2) is 9.98 Å². The molecule has 7 heteroatoms. The average Bonchev–Trinajstić information content (AvgIpc) is 3.23. The number of hydrogen-bond acceptors (Lipinski definition) is 7. The molecule has 3 fully saturated rings. The van der Waals surface area contributed by atoms with Crippen LogP contribution in [0.4, 0.5) is 11.4 Å². The quantitative estimate of drug-likeness (QED) is 0.524. The van der Waals surface area contributed by atoms with Crippen LogP contribution in [0.5, 0.6) is 5.75 Å². The minimum absolute atomic E-state index is 0.0614. The molecule has 1 spiro atoms. The number of epoxide rings is 1. The predicted molar refractivity (Wildman–Crippen MR) is 93.3 cm³/mol. The van der Waals surface area contributed by atoms with Crippen LogP contribution >= 0.6 is 11.8 Å². The molecular weight excluding hydrogens is 338 g/mol. The van der Waals surface area contributed by atoms with Gasteiger partial charge >= 0.3 is 0 Å². The van der Waals surface area contributed by atoms with Gasteiger partial charge in [0.2, 0.25) is 0 Å². The van der Waals surface area contributed by atoms with Gasteiger partial charge in [0.25, 0.3) is 0 Å². The highest BCUT2D eigenvalue weighted by Crippen LogP contribution is 2.65. The smallest absolute Gasteiger partial charge is 0.165 e. The van der Waals surface area contributed by atoms with Crippen molar-refractivity contribution in [3.8, 4) is 5.75 Å². The molecule has 1 aliphatic carbocycles. The second-order valence-electron chi connectivity index (χ2n) is 7.74. The molecule has 5 heterocycles. The fourth-order valence-electron chi connectivity index (χ4n) is 5.61. The lowest BCUT2D eigenvalue weighted by Crippen LogP contribution is -2.53. The van der Waals surface area contributed by atoms with Crippen molar-refractivity contribution >= 4 is 40.7 Å². The van der Waals surface area contributed by atoms with Crippen LogP contribution in [0, 0.1) is 0 Å². The molecule has 0 aromatic heterocycles. The monoisotopic (exact) mass is 353 g/mol. The first-order chi connectivity index (χ1) is 12.2. The summed E-state index contributed by atoms with van der Waals surface area (Å²) in [5.41, 5.74) is 3.45. The molecule has 6 aliphatic rings. The third kappa shape index (κ3) is 1.33. The molecule has 25 heavy (non-hydrogen) atoms. The Balaban J connectivity index is 1.64. The Hall–Kier alpha value is -1.86. The predicted octanol–water partition coefficient (Wildman–Crippen LogP) is 0.517. The number of rotatable bonds is 0. The van der Waals surface area contributed by atoms with Gasteiger partial charge in [-0.3, -0.25) is 14.8 Å². The molecular formula is C18H15N3O3S. The molecule has 5 aliphatic heterocycles. The highest BCUT2D eigenvalue weighted by Gasteiger charge is 2.71. The normalized spacial score (nSPS) is 40.6. The van der Waals surface area contributed by atoms with E-state index in [1.807, 2.05) is 18.0 Å². The van der Waals surface area contributed by atoms with E-state index in [0.717, 1.165) is 41.2 Å². The molecule has 1 aromatic rings. The van der Waals surface area contributed by atoms with E-state index in [-0.39, 0.29) is 39.8 Å². The summed E-state index contributed by atoms with van der Waals surface area (Å²) in [5.74, 6) is 0.463. The van der Waals surface area contributed by atoms with Crippen molar-refractivity contribution in [1.82, 2.24) is 0 Å². The van der Waals surface area contributed by atoms with E-state index in [4.69, 9.17) is 9.73 Å². The number of ether oxygens (including phenoxy) is 1. The van der Waals surface area contributed by atoms with Crippen molar-refractivity contribution in [2.24, 2.45) is 9.98 Å². The maximum Gasteiger partial charge on any atom is 0.165 e. The number of nitrogens with zero attached hydrogens (tertiary/aromatic N) is 2. The van der Waals surface area contributed by atoms with E-state index in [0.29, 0.717) is 12.1 Å². The first-order valence-corrected chi connectivity index (χ1v) is 9.74. The third-order valence-corrected chi connectivity index (χ3v) is 8.17. The zero-order valence-corrected chi connectivity index (χ0v) is 14.1. The fourth-order valence-corrected chi connectivity index (χ4v) is 7.42. The maximum absolute atomic E-state index is 12.3. The zero-order chi connectivity index (χ0) is 16.5. The van der Waals surface area contributed by atoms with Crippen molar-refractivity contribution < 1.29 is 14.6 Å². The second-order valence-corrected chi connectivity index (χ2v) is 9.15. The van der Waals surface area contributed by atoms with E-state index in [9.17, 15) is 9.90 Å². The number of Topliss-reactive ketones (excluding diaryl/α,β-unsaturated/α-hetero) is 1. The van der Waals surface area contributed by atoms with Crippen LogP contribution in [-0.2, 0) is 14.9 Å². The number of phenolic OH excluding ortho intramolecular Hbond substituents is 1. The zero-order valence-electron chi connectivity index (χ0n) is 13.3. The van der Waals surface area contributed by atoms with Crippen LogP contribution in [0.1, 0.15) is 24.8 Å².